The van der Waals surface area contributed by atoms with Gasteiger partial charge in [0.25, 0.3) is 0 Å². The maximum absolute atomic E-state index is 11.7. The van der Waals surface area contributed by atoms with Gasteiger partial charge in [-0.25, -0.2) is 13.1 Å². The molecule has 0 radical (unpaired) electrons. The number of sulfonamides is 1. The highest BCUT2D eigenvalue weighted by Gasteiger charge is 2.28. The molecular weight excluding hydrogens is 202 g/mol. The van der Waals surface area contributed by atoms with Gasteiger partial charge in [0, 0.05) is 13.2 Å². The Labute approximate surface area is 85.8 Å². The van der Waals surface area contributed by atoms with Crippen molar-refractivity contribution in [1.29, 1.82) is 0 Å². The highest BCUT2D eigenvalue weighted by atomic mass is 32.2. The summed E-state index contributed by atoms with van der Waals surface area (Å²) in [6, 6.07) is 0. The summed E-state index contributed by atoms with van der Waals surface area (Å²) in [4.78, 5) is 0. The van der Waals surface area contributed by atoms with Crippen LogP contribution in [0, 0.1) is 5.92 Å². The van der Waals surface area contributed by atoms with Crippen molar-refractivity contribution in [3.05, 3.63) is 0 Å². The van der Waals surface area contributed by atoms with E-state index >= 15 is 0 Å². The Morgan fingerprint density at radius 2 is 2.00 bits per heavy atom. The summed E-state index contributed by atoms with van der Waals surface area (Å²) in [5.74, 6) is -0.00817. The first-order valence-corrected chi connectivity index (χ1v) is 6.70. The molecule has 1 aliphatic rings. The Bertz CT molecular complexity index is 257. The molecule has 0 aromatic heterocycles. The zero-order valence-corrected chi connectivity index (χ0v) is 9.39. The van der Waals surface area contributed by atoms with Crippen molar-refractivity contribution in [1.82, 2.24) is 4.72 Å². The van der Waals surface area contributed by atoms with Crippen LogP contribution < -0.4 is 4.72 Å². The Balaban J connectivity index is 2.41. The van der Waals surface area contributed by atoms with Crippen LogP contribution >= 0.6 is 0 Å². The lowest BCUT2D eigenvalue weighted by atomic mass is 10.2. The fourth-order valence-corrected chi connectivity index (χ4v) is 3.35. The predicted molar refractivity (Wildman–Crippen MR) is 55.4 cm³/mol. The van der Waals surface area contributed by atoms with Crippen molar-refractivity contribution in [2.45, 2.75) is 37.9 Å². The predicted octanol–water partition coefficient (Wildman–Crippen LogP) is 0.477. The quantitative estimate of drug-likeness (QED) is 0.709. The second-order valence-electron chi connectivity index (χ2n) is 4.09. The summed E-state index contributed by atoms with van der Waals surface area (Å²) >= 11 is 0. The molecule has 1 aliphatic carbocycles. The summed E-state index contributed by atoms with van der Waals surface area (Å²) in [5.41, 5.74) is 0. The van der Waals surface area contributed by atoms with E-state index in [9.17, 15) is 8.42 Å². The van der Waals surface area contributed by atoms with Gasteiger partial charge in [-0.1, -0.05) is 19.8 Å². The molecule has 1 rings (SSSR count). The van der Waals surface area contributed by atoms with Gasteiger partial charge in [0.2, 0.25) is 10.0 Å². The standard InChI is InChI=1S/C9H19NO3S/c1-8(7-11)6-10-14(12,13)9-4-2-3-5-9/h8-11H,2-7H2,1H3. The van der Waals surface area contributed by atoms with Gasteiger partial charge in [-0.05, 0) is 18.8 Å². The minimum absolute atomic E-state index is 0.00817. The normalized spacial score (nSPS) is 21.3. The van der Waals surface area contributed by atoms with E-state index in [1.165, 1.54) is 0 Å². The van der Waals surface area contributed by atoms with Crippen molar-refractivity contribution >= 4 is 10.0 Å². The Morgan fingerprint density at radius 3 is 2.50 bits per heavy atom. The van der Waals surface area contributed by atoms with Crippen molar-refractivity contribution < 1.29 is 13.5 Å². The molecular formula is C9H19NO3S. The van der Waals surface area contributed by atoms with Gasteiger partial charge in [-0.3, -0.25) is 0 Å². The Morgan fingerprint density at radius 1 is 1.43 bits per heavy atom. The summed E-state index contributed by atoms with van der Waals surface area (Å²) in [7, 11) is -3.13. The van der Waals surface area contributed by atoms with Crippen LogP contribution in [0.3, 0.4) is 0 Å². The maximum Gasteiger partial charge on any atom is 0.214 e. The largest absolute Gasteiger partial charge is 0.396 e. The molecule has 1 fully saturated rings. The molecule has 1 atom stereocenters. The second kappa shape index (κ2) is 5.09. The third kappa shape index (κ3) is 3.22. The summed E-state index contributed by atoms with van der Waals surface area (Å²) in [6.45, 7) is 2.18. The molecule has 1 saturated carbocycles. The molecule has 1 unspecified atom stereocenters. The fraction of sp³-hybridized carbons (Fsp3) is 1.00. The van der Waals surface area contributed by atoms with Gasteiger partial charge in [-0.15, -0.1) is 0 Å². The van der Waals surface area contributed by atoms with Crippen LogP contribution in [0.4, 0.5) is 0 Å². The summed E-state index contributed by atoms with van der Waals surface area (Å²) < 4.78 is 25.9. The number of hydrogen-bond donors (Lipinski definition) is 2. The minimum atomic E-state index is -3.13. The minimum Gasteiger partial charge on any atom is -0.396 e. The van der Waals surface area contributed by atoms with Crippen LogP contribution in [0.2, 0.25) is 0 Å². The van der Waals surface area contributed by atoms with Gasteiger partial charge in [-0.2, -0.15) is 0 Å². The van der Waals surface area contributed by atoms with Gasteiger partial charge >= 0.3 is 0 Å². The topological polar surface area (TPSA) is 66.4 Å². The van der Waals surface area contributed by atoms with E-state index in [2.05, 4.69) is 4.72 Å². The Kier molecular flexibility index (Phi) is 4.34. The molecule has 0 spiro atoms. The van der Waals surface area contributed by atoms with Crippen LogP contribution in [0.1, 0.15) is 32.6 Å². The number of hydrogen-bond acceptors (Lipinski definition) is 3. The molecule has 0 aliphatic heterocycles. The first kappa shape index (κ1) is 11.9. The molecule has 84 valence electrons. The maximum atomic E-state index is 11.7. The lowest BCUT2D eigenvalue weighted by Gasteiger charge is -2.14. The third-order valence-corrected chi connectivity index (χ3v) is 4.60. The van der Waals surface area contributed by atoms with Crippen molar-refractivity contribution in [3.8, 4) is 0 Å². The molecule has 0 heterocycles. The number of nitrogens with one attached hydrogen (secondary N) is 1. The van der Waals surface area contributed by atoms with Gasteiger partial charge in [0.1, 0.15) is 0 Å². The van der Waals surface area contributed by atoms with E-state index < -0.39 is 10.0 Å². The molecule has 0 bridgehead atoms. The van der Waals surface area contributed by atoms with E-state index in [-0.39, 0.29) is 17.8 Å². The lowest BCUT2D eigenvalue weighted by molar-refractivity contribution is 0.238. The van der Waals surface area contributed by atoms with Crippen molar-refractivity contribution in [2.24, 2.45) is 5.92 Å². The molecule has 0 aromatic carbocycles. The van der Waals surface area contributed by atoms with E-state index in [1.54, 1.807) is 0 Å². The van der Waals surface area contributed by atoms with E-state index in [1.807, 2.05) is 6.92 Å². The average molecular weight is 221 g/mol. The zero-order valence-electron chi connectivity index (χ0n) is 8.57. The number of rotatable bonds is 5. The molecule has 4 nitrogen and oxygen atoms in total. The molecule has 5 heteroatoms. The Hall–Kier alpha value is -0.130. The average Bonchev–Trinajstić information content (AvgIpc) is 2.67. The monoisotopic (exact) mass is 221 g/mol. The molecule has 0 aromatic rings. The fourth-order valence-electron chi connectivity index (χ4n) is 1.64. The first-order valence-electron chi connectivity index (χ1n) is 5.15. The smallest absolute Gasteiger partial charge is 0.214 e. The summed E-state index contributed by atoms with van der Waals surface area (Å²) in [5, 5.41) is 8.56. The SMILES string of the molecule is CC(CO)CNS(=O)(=O)C1CCCC1. The third-order valence-electron chi connectivity index (χ3n) is 2.69. The molecule has 2 N–H and O–H groups in total. The van der Waals surface area contributed by atoms with E-state index in [0.717, 1.165) is 25.7 Å². The van der Waals surface area contributed by atoms with Crippen LogP contribution in [0.25, 0.3) is 0 Å². The van der Waals surface area contributed by atoms with Crippen LogP contribution in [0.5, 0.6) is 0 Å². The number of aliphatic hydroxyl groups is 1. The highest BCUT2D eigenvalue weighted by molar-refractivity contribution is 7.90. The zero-order chi connectivity index (χ0) is 10.6. The number of aliphatic hydroxyl groups excluding tert-OH is 1. The van der Waals surface area contributed by atoms with Gasteiger partial charge in [0.15, 0.2) is 0 Å². The van der Waals surface area contributed by atoms with Gasteiger partial charge in [0.05, 0.1) is 5.25 Å². The van der Waals surface area contributed by atoms with Crippen LogP contribution in [0.15, 0.2) is 0 Å². The van der Waals surface area contributed by atoms with E-state index in [4.69, 9.17) is 5.11 Å². The lowest BCUT2D eigenvalue weighted by Crippen LogP contribution is -2.36. The summed E-state index contributed by atoms with van der Waals surface area (Å²) in [6.07, 6.45) is 3.59. The molecule has 14 heavy (non-hydrogen) atoms. The molecule has 0 saturated heterocycles. The van der Waals surface area contributed by atoms with Crippen LogP contribution in [-0.2, 0) is 10.0 Å². The molecule has 0 amide bonds. The van der Waals surface area contributed by atoms with Crippen molar-refractivity contribution in [2.75, 3.05) is 13.2 Å². The van der Waals surface area contributed by atoms with E-state index in [0.29, 0.717) is 6.54 Å². The van der Waals surface area contributed by atoms with Crippen LogP contribution in [-0.4, -0.2) is 31.9 Å². The van der Waals surface area contributed by atoms with Crippen molar-refractivity contribution in [3.63, 3.8) is 0 Å². The second-order valence-corrected chi connectivity index (χ2v) is 6.13. The highest BCUT2D eigenvalue weighted by Crippen LogP contribution is 2.23. The van der Waals surface area contributed by atoms with Gasteiger partial charge < -0.3 is 5.11 Å². The first-order chi connectivity index (χ1) is 6.56.